The summed E-state index contributed by atoms with van der Waals surface area (Å²) in [6.45, 7) is 3.90. The summed E-state index contributed by atoms with van der Waals surface area (Å²) >= 11 is 0. The molecule has 13 heavy (non-hydrogen) atoms. The Labute approximate surface area is 79.9 Å². The van der Waals surface area contributed by atoms with Crippen LogP contribution in [0.2, 0.25) is 0 Å². The Morgan fingerprint density at radius 2 is 2.08 bits per heavy atom. The van der Waals surface area contributed by atoms with E-state index in [0.29, 0.717) is 0 Å². The van der Waals surface area contributed by atoms with E-state index in [9.17, 15) is 0 Å². The van der Waals surface area contributed by atoms with Gasteiger partial charge in [0, 0.05) is 32.7 Å². The minimum Gasteiger partial charge on any atom is -0.383 e. The van der Waals surface area contributed by atoms with E-state index in [2.05, 4.69) is 18.1 Å². The van der Waals surface area contributed by atoms with Crippen LogP contribution in [0.5, 0.6) is 0 Å². The predicted octanol–water partition coefficient (Wildman–Crippen LogP) is 2.21. The third kappa shape index (κ3) is 2.90. The maximum atomic E-state index is 3.98. The largest absolute Gasteiger partial charge is 0.383 e. The molecule has 0 bridgehead atoms. The maximum Gasteiger partial charge on any atom is 0.0273 e. The zero-order valence-corrected chi connectivity index (χ0v) is 8.20. The molecular formula is C11H15N2. The van der Waals surface area contributed by atoms with Crippen LogP contribution in [0, 0.1) is 6.92 Å². The zero-order valence-electron chi connectivity index (χ0n) is 8.20. The third-order valence-electron chi connectivity index (χ3n) is 1.73. The number of pyridine rings is 1. The zero-order chi connectivity index (χ0) is 9.68. The van der Waals surface area contributed by atoms with Gasteiger partial charge in [0.25, 0.3) is 0 Å². The van der Waals surface area contributed by atoms with Crippen LogP contribution in [0.25, 0.3) is 5.57 Å². The molecule has 0 aromatic carbocycles. The summed E-state index contributed by atoms with van der Waals surface area (Å²) in [5.74, 6) is 0. The Hall–Kier alpha value is -1.31. The van der Waals surface area contributed by atoms with E-state index in [-0.39, 0.29) is 0 Å². The molecular weight excluding hydrogens is 160 g/mol. The van der Waals surface area contributed by atoms with E-state index in [1.165, 1.54) is 11.1 Å². The van der Waals surface area contributed by atoms with Crippen molar-refractivity contribution in [2.24, 2.45) is 0 Å². The van der Waals surface area contributed by atoms with Crippen molar-refractivity contribution in [1.29, 1.82) is 0 Å². The van der Waals surface area contributed by atoms with Gasteiger partial charge in [-0.3, -0.25) is 4.98 Å². The average molecular weight is 175 g/mol. The highest BCUT2D eigenvalue weighted by atomic mass is 15.0. The van der Waals surface area contributed by atoms with Crippen LogP contribution < -0.4 is 0 Å². The van der Waals surface area contributed by atoms with Gasteiger partial charge in [-0.1, -0.05) is 0 Å². The minimum atomic E-state index is 0.794. The van der Waals surface area contributed by atoms with Gasteiger partial charge in [-0.05, 0) is 36.6 Å². The minimum absolute atomic E-state index is 0.794. The molecule has 1 radical (unpaired) electrons. The first-order valence-corrected chi connectivity index (χ1v) is 4.31. The Balaban J connectivity index is 2.91. The van der Waals surface area contributed by atoms with E-state index in [1.807, 2.05) is 31.1 Å². The summed E-state index contributed by atoms with van der Waals surface area (Å²) in [6.07, 6.45) is 6.48. The molecule has 0 amide bonds. The van der Waals surface area contributed by atoms with Gasteiger partial charge in [0.15, 0.2) is 0 Å². The second kappa shape index (κ2) is 4.65. The Bertz CT molecular complexity index is 275. The lowest BCUT2D eigenvalue weighted by atomic mass is 10.1. The molecule has 1 rings (SSSR count). The van der Waals surface area contributed by atoms with Gasteiger partial charge in [0.1, 0.15) is 0 Å². The van der Waals surface area contributed by atoms with E-state index in [1.54, 1.807) is 12.4 Å². The number of rotatable bonds is 3. The standard InChI is InChI=1S/C11H15N2/c1-4-10(9-13(2)3)11-5-7-12-8-6-11/h5-9H,1,4H2,2-3H3. The normalized spacial score (nSPS) is 11.5. The molecule has 69 valence electrons. The van der Waals surface area contributed by atoms with Gasteiger partial charge >= 0.3 is 0 Å². The van der Waals surface area contributed by atoms with E-state index >= 15 is 0 Å². The number of allylic oxidation sites excluding steroid dienone is 1. The van der Waals surface area contributed by atoms with Gasteiger partial charge < -0.3 is 4.90 Å². The van der Waals surface area contributed by atoms with Crippen molar-refractivity contribution < 1.29 is 0 Å². The average Bonchev–Trinajstić information content (AvgIpc) is 2.15. The summed E-state index contributed by atoms with van der Waals surface area (Å²) in [5, 5.41) is 0. The van der Waals surface area contributed by atoms with E-state index in [4.69, 9.17) is 0 Å². The monoisotopic (exact) mass is 175 g/mol. The first-order valence-electron chi connectivity index (χ1n) is 4.31. The molecule has 0 atom stereocenters. The van der Waals surface area contributed by atoms with Crippen molar-refractivity contribution in [3.63, 3.8) is 0 Å². The Morgan fingerprint density at radius 1 is 1.46 bits per heavy atom. The molecule has 0 aliphatic heterocycles. The lowest BCUT2D eigenvalue weighted by Gasteiger charge is -2.10. The van der Waals surface area contributed by atoms with Crippen LogP contribution in [0.1, 0.15) is 12.0 Å². The molecule has 2 nitrogen and oxygen atoms in total. The number of nitrogens with zero attached hydrogens (tertiary/aromatic N) is 2. The van der Waals surface area contributed by atoms with Crippen LogP contribution >= 0.6 is 0 Å². The van der Waals surface area contributed by atoms with Crippen LogP contribution in [0.3, 0.4) is 0 Å². The third-order valence-corrected chi connectivity index (χ3v) is 1.73. The molecule has 0 spiro atoms. The molecule has 0 unspecified atom stereocenters. The fraction of sp³-hybridized carbons (Fsp3) is 0.273. The summed E-state index contributed by atoms with van der Waals surface area (Å²) in [4.78, 5) is 6.01. The lowest BCUT2D eigenvalue weighted by Crippen LogP contribution is -2.02. The van der Waals surface area contributed by atoms with Crippen molar-refractivity contribution in [3.8, 4) is 0 Å². The van der Waals surface area contributed by atoms with Crippen molar-refractivity contribution in [3.05, 3.63) is 43.2 Å². The summed E-state index contributed by atoms with van der Waals surface area (Å²) < 4.78 is 0. The molecule has 0 saturated heterocycles. The van der Waals surface area contributed by atoms with Gasteiger partial charge in [0.05, 0.1) is 0 Å². The van der Waals surface area contributed by atoms with Crippen molar-refractivity contribution in [2.75, 3.05) is 14.1 Å². The fourth-order valence-electron chi connectivity index (χ4n) is 1.16. The SMILES string of the molecule is [CH2]CC(=CN(C)C)c1ccncc1. The number of hydrogen-bond acceptors (Lipinski definition) is 2. The van der Waals surface area contributed by atoms with Crippen molar-refractivity contribution >= 4 is 5.57 Å². The molecule has 0 aliphatic rings. The molecule has 1 aromatic rings. The second-order valence-electron chi connectivity index (χ2n) is 3.10. The maximum absolute atomic E-state index is 3.98. The quantitative estimate of drug-likeness (QED) is 0.700. The lowest BCUT2D eigenvalue weighted by molar-refractivity contribution is 0.564. The number of aromatic nitrogens is 1. The van der Waals surface area contributed by atoms with Crippen LogP contribution in [-0.4, -0.2) is 24.0 Å². The van der Waals surface area contributed by atoms with Crippen molar-refractivity contribution in [2.45, 2.75) is 6.42 Å². The van der Waals surface area contributed by atoms with E-state index < -0.39 is 0 Å². The van der Waals surface area contributed by atoms with E-state index in [0.717, 1.165) is 6.42 Å². The van der Waals surface area contributed by atoms with Gasteiger partial charge in [-0.25, -0.2) is 0 Å². The predicted molar refractivity (Wildman–Crippen MR) is 55.9 cm³/mol. The van der Waals surface area contributed by atoms with Crippen molar-refractivity contribution in [1.82, 2.24) is 9.88 Å². The molecule has 0 fully saturated rings. The van der Waals surface area contributed by atoms with Crippen LogP contribution in [0.4, 0.5) is 0 Å². The summed E-state index contributed by atoms with van der Waals surface area (Å²) in [6, 6.07) is 4.00. The molecule has 2 heteroatoms. The summed E-state index contributed by atoms with van der Waals surface area (Å²) in [7, 11) is 4.02. The first-order chi connectivity index (χ1) is 6.24. The topological polar surface area (TPSA) is 16.1 Å². The van der Waals surface area contributed by atoms with Gasteiger partial charge in [-0.2, -0.15) is 0 Å². The molecule has 1 heterocycles. The fourth-order valence-corrected chi connectivity index (χ4v) is 1.16. The second-order valence-corrected chi connectivity index (χ2v) is 3.10. The first kappa shape index (κ1) is 9.78. The van der Waals surface area contributed by atoms with Crippen LogP contribution in [0.15, 0.2) is 30.7 Å². The molecule has 1 aromatic heterocycles. The Kier molecular flexibility index (Phi) is 3.50. The van der Waals surface area contributed by atoms with Gasteiger partial charge in [0.2, 0.25) is 0 Å². The molecule has 0 saturated carbocycles. The molecule has 0 aliphatic carbocycles. The Morgan fingerprint density at radius 3 is 2.54 bits per heavy atom. The smallest absolute Gasteiger partial charge is 0.0273 e. The molecule has 0 N–H and O–H groups in total. The highest BCUT2D eigenvalue weighted by Gasteiger charge is 1.97. The highest BCUT2D eigenvalue weighted by Crippen LogP contribution is 2.16. The van der Waals surface area contributed by atoms with Gasteiger partial charge in [-0.15, -0.1) is 0 Å². The van der Waals surface area contributed by atoms with Crippen LogP contribution in [-0.2, 0) is 0 Å². The number of hydrogen-bond donors (Lipinski definition) is 0. The summed E-state index contributed by atoms with van der Waals surface area (Å²) in [5.41, 5.74) is 2.42. The highest BCUT2D eigenvalue weighted by molar-refractivity contribution is 5.64.